The highest BCUT2D eigenvalue weighted by Gasteiger charge is 2.48. The van der Waals surface area contributed by atoms with Crippen LogP contribution in [-0.4, -0.2) is 40.5 Å². The number of carbonyl (C=O) groups is 1. The first-order valence-corrected chi connectivity index (χ1v) is 8.46. The summed E-state index contributed by atoms with van der Waals surface area (Å²) in [5.74, 6) is 0.530. The topological polar surface area (TPSA) is 45.2 Å². The number of carbonyl (C=O) groups excluding carboxylic acids is 1. The zero-order valence-electron chi connectivity index (χ0n) is 13.7. The summed E-state index contributed by atoms with van der Waals surface area (Å²) in [5.41, 5.74) is 0.532. The van der Waals surface area contributed by atoms with Gasteiger partial charge >= 0.3 is 0 Å². The Bertz CT molecular complexity index is 747. The minimum atomic E-state index is -0.0532. The van der Waals surface area contributed by atoms with Crippen molar-refractivity contribution in [3.05, 3.63) is 42.2 Å². The summed E-state index contributed by atoms with van der Waals surface area (Å²) >= 11 is 0. The van der Waals surface area contributed by atoms with Crippen LogP contribution in [0, 0.1) is 5.92 Å². The fraction of sp³-hybridized carbons (Fsp3) is 0.474. The van der Waals surface area contributed by atoms with Crippen LogP contribution in [0.5, 0.6) is 0 Å². The molecule has 0 radical (unpaired) electrons. The van der Waals surface area contributed by atoms with E-state index in [4.69, 9.17) is 0 Å². The lowest BCUT2D eigenvalue weighted by Gasteiger charge is -2.56. The Balaban J connectivity index is 1.59. The van der Waals surface area contributed by atoms with Crippen molar-refractivity contribution in [1.29, 1.82) is 0 Å². The lowest BCUT2D eigenvalue weighted by Crippen LogP contribution is -2.69. The highest BCUT2D eigenvalue weighted by molar-refractivity contribution is 5.96. The second kappa shape index (κ2) is 5.31. The molecule has 4 nitrogen and oxygen atoms in total. The zero-order chi connectivity index (χ0) is 16.0. The first kappa shape index (κ1) is 14.6. The molecule has 3 aliphatic rings. The molecule has 3 fully saturated rings. The van der Waals surface area contributed by atoms with Crippen LogP contribution in [0.3, 0.4) is 0 Å². The molecule has 23 heavy (non-hydrogen) atoms. The minimum Gasteiger partial charge on any atom is -0.346 e. The maximum absolute atomic E-state index is 12.7. The van der Waals surface area contributed by atoms with Gasteiger partial charge in [0.25, 0.3) is 5.91 Å². The van der Waals surface area contributed by atoms with E-state index in [1.807, 2.05) is 30.3 Å². The van der Waals surface area contributed by atoms with E-state index in [-0.39, 0.29) is 17.5 Å². The molecule has 1 N–H and O–H groups in total. The van der Waals surface area contributed by atoms with E-state index in [0.717, 1.165) is 23.9 Å². The number of hydrogen-bond donors (Lipinski definition) is 1. The van der Waals surface area contributed by atoms with E-state index in [9.17, 15) is 4.79 Å². The molecule has 0 saturated carbocycles. The van der Waals surface area contributed by atoms with Gasteiger partial charge in [-0.05, 0) is 57.1 Å². The molecule has 1 atom stereocenters. The number of aromatic nitrogens is 1. The minimum absolute atomic E-state index is 0.0215. The van der Waals surface area contributed by atoms with Crippen LogP contribution in [0.2, 0.25) is 0 Å². The number of nitrogens with one attached hydrogen (secondary N) is 1. The van der Waals surface area contributed by atoms with Gasteiger partial charge in [0.05, 0.1) is 0 Å². The van der Waals surface area contributed by atoms with Crippen LogP contribution in [0.1, 0.15) is 37.2 Å². The first-order chi connectivity index (χ1) is 11.1. The monoisotopic (exact) mass is 309 g/mol. The predicted molar refractivity (Wildman–Crippen MR) is 91.4 cm³/mol. The molecule has 4 heterocycles. The fourth-order valence-corrected chi connectivity index (χ4v) is 4.30. The molecule has 0 aliphatic carbocycles. The lowest BCUT2D eigenvalue weighted by atomic mass is 9.72. The van der Waals surface area contributed by atoms with Crippen molar-refractivity contribution in [3.63, 3.8) is 0 Å². The smallest absolute Gasteiger partial charge is 0.270 e. The largest absolute Gasteiger partial charge is 0.346 e. The SMILES string of the molecule is CC1(C)C(NC(=O)c2cc3ccccc3cn2)C2CCN1CC2. The van der Waals surface area contributed by atoms with Crippen molar-refractivity contribution < 1.29 is 4.79 Å². The van der Waals surface area contributed by atoms with Crippen molar-refractivity contribution in [2.24, 2.45) is 5.92 Å². The van der Waals surface area contributed by atoms with Crippen molar-refractivity contribution in [3.8, 4) is 0 Å². The summed E-state index contributed by atoms with van der Waals surface area (Å²) in [4.78, 5) is 19.6. The average molecular weight is 309 g/mol. The molecule has 1 unspecified atom stereocenters. The third-order valence-electron chi connectivity index (χ3n) is 5.74. The molecule has 3 saturated heterocycles. The van der Waals surface area contributed by atoms with Gasteiger partial charge in [-0.25, -0.2) is 0 Å². The quantitative estimate of drug-likeness (QED) is 0.928. The molecule has 2 bridgehead atoms. The number of benzene rings is 1. The summed E-state index contributed by atoms with van der Waals surface area (Å²) in [6.45, 7) is 6.80. The molecule has 0 spiro atoms. The number of nitrogens with zero attached hydrogens (tertiary/aromatic N) is 2. The molecular formula is C19H23N3O. The maximum atomic E-state index is 12.7. The number of fused-ring (bicyclic) bond motifs is 4. The molecule has 1 amide bonds. The van der Waals surface area contributed by atoms with Crippen LogP contribution in [0.15, 0.2) is 36.5 Å². The third kappa shape index (κ3) is 2.41. The van der Waals surface area contributed by atoms with E-state index in [2.05, 4.69) is 29.0 Å². The molecule has 1 aromatic carbocycles. The van der Waals surface area contributed by atoms with Gasteiger partial charge in [0.1, 0.15) is 5.69 Å². The number of piperidine rings is 3. The third-order valence-corrected chi connectivity index (χ3v) is 5.74. The van der Waals surface area contributed by atoms with Gasteiger partial charge in [0, 0.05) is 23.2 Å². The van der Waals surface area contributed by atoms with E-state index < -0.39 is 0 Å². The van der Waals surface area contributed by atoms with E-state index in [1.54, 1.807) is 6.20 Å². The maximum Gasteiger partial charge on any atom is 0.270 e. The van der Waals surface area contributed by atoms with Crippen molar-refractivity contribution in [2.75, 3.05) is 13.1 Å². The molecular weight excluding hydrogens is 286 g/mol. The predicted octanol–water partition coefficient (Wildman–Crippen LogP) is 2.84. The Kier molecular flexibility index (Phi) is 3.38. The van der Waals surface area contributed by atoms with E-state index >= 15 is 0 Å². The van der Waals surface area contributed by atoms with E-state index in [1.165, 1.54) is 12.8 Å². The highest BCUT2D eigenvalue weighted by atomic mass is 16.2. The van der Waals surface area contributed by atoms with Crippen LogP contribution in [0.4, 0.5) is 0 Å². The van der Waals surface area contributed by atoms with Crippen LogP contribution in [0.25, 0.3) is 10.8 Å². The van der Waals surface area contributed by atoms with Gasteiger partial charge in [0.2, 0.25) is 0 Å². The van der Waals surface area contributed by atoms with Crippen LogP contribution in [-0.2, 0) is 0 Å². The van der Waals surface area contributed by atoms with Gasteiger partial charge in [-0.2, -0.15) is 0 Å². The van der Waals surface area contributed by atoms with E-state index in [0.29, 0.717) is 11.6 Å². The number of pyridine rings is 1. The van der Waals surface area contributed by atoms with Crippen LogP contribution < -0.4 is 5.32 Å². The summed E-state index contributed by atoms with van der Waals surface area (Å²) in [6.07, 6.45) is 4.14. The number of hydrogen-bond acceptors (Lipinski definition) is 3. The van der Waals surface area contributed by atoms with Crippen molar-refractivity contribution >= 4 is 16.7 Å². The van der Waals surface area contributed by atoms with Crippen LogP contribution >= 0.6 is 0 Å². The second-order valence-electron chi connectivity index (χ2n) is 7.35. The summed E-state index contributed by atoms with van der Waals surface area (Å²) in [5, 5.41) is 5.40. The van der Waals surface area contributed by atoms with Crippen molar-refractivity contribution in [2.45, 2.75) is 38.3 Å². The Morgan fingerprint density at radius 1 is 1.22 bits per heavy atom. The Labute approximate surface area is 136 Å². The molecule has 3 aliphatic heterocycles. The molecule has 2 aromatic rings. The molecule has 4 heteroatoms. The Morgan fingerprint density at radius 3 is 2.61 bits per heavy atom. The summed E-state index contributed by atoms with van der Waals surface area (Å²) in [7, 11) is 0. The molecule has 1 aromatic heterocycles. The standard InChI is InChI=1S/C19H23N3O/c1-19(2)17(13-7-9-22(19)10-8-13)21-18(23)16-11-14-5-3-4-6-15(14)12-20-16/h3-6,11-13,17H,7-10H2,1-2H3,(H,21,23). The molecule has 120 valence electrons. The average Bonchev–Trinajstić information content (AvgIpc) is 2.58. The van der Waals surface area contributed by atoms with Gasteiger partial charge in [-0.3, -0.25) is 14.7 Å². The first-order valence-electron chi connectivity index (χ1n) is 8.46. The second-order valence-corrected chi connectivity index (χ2v) is 7.35. The van der Waals surface area contributed by atoms with Crippen molar-refractivity contribution in [1.82, 2.24) is 15.2 Å². The number of amides is 1. The number of rotatable bonds is 2. The molecule has 5 rings (SSSR count). The Hall–Kier alpha value is -1.94. The zero-order valence-corrected chi connectivity index (χ0v) is 13.7. The summed E-state index contributed by atoms with van der Waals surface area (Å²) < 4.78 is 0. The van der Waals surface area contributed by atoms with Gasteiger partial charge in [0.15, 0.2) is 0 Å². The lowest BCUT2D eigenvalue weighted by molar-refractivity contribution is -0.0378. The highest BCUT2D eigenvalue weighted by Crippen LogP contribution is 2.39. The summed E-state index contributed by atoms with van der Waals surface area (Å²) in [6, 6.07) is 10.1. The van der Waals surface area contributed by atoms with Gasteiger partial charge < -0.3 is 5.32 Å². The van der Waals surface area contributed by atoms with Gasteiger partial charge in [-0.1, -0.05) is 24.3 Å². The normalized spacial score (nSPS) is 28.7. The Morgan fingerprint density at radius 2 is 1.91 bits per heavy atom. The fourth-order valence-electron chi connectivity index (χ4n) is 4.30. The van der Waals surface area contributed by atoms with Gasteiger partial charge in [-0.15, -0.1) is 0 Å².